The topological polar surface area (TPSA) is 71.2 Å². The lowest BCUT2D eigenvalue weighted by Crippen LogP contribution is -2.34. The fraction of sp³-hybridized carbons (Fsp3) is 0.333. The highest BCUT2D eigenvalue weighted by atomic mass is 16.5. The molecule has 0 aliphatic heterocycles. The van der Waals surface area contributed by atoms with Crippen molar-refractivity contribution in [2.24, 2.45) is 0 Å². The van der Waals surface area contributed by atoms with Gasteiger partial charge >= 0.3 is 0 Å². The minimum atomic E-state index is -0.226. The molecule has 1 aromatic heterocycles. The lowest BCUT2D eigenvalue weighted by atomic mass is 9.97. The van der Waals surface area contributed by atoms with Gasteiger partial charge in [-0.25, -0.2) is 0 Å². The first-order valence-corrected chi connectivity index (χ1v) is 13.8. The number of benzene rings is 3. The summed E-state index contributed by atoms with van der Waals surface area (Å²) in [5, 5.41) is 4.18. The standard InChI is InChI=1S/C31H32N2O3.C2H6/c1-3-21-14-23-16-25(17-24(23)15-22(21)4-2)32-18-28(34)26-10-12-29(31-27(26)11-13-30(35)33-31)36-19-20-8-6-5-7-9-20;1-2/h5-15,25,32H,3-4,16-19H2,1-2H3,(H,33,35);1-2H3. The molecule has 1 aliphatic carbocycles. The number of pyridine rings is 1. The van der Waals surface area contributed by atoms with E-state index < -0.39 is 0 Å². The molecule has 0 bridgehead atoms. The van der Waals surface area contributed by atoms with Gasteiger partial charge in [-0.15, -0.1) is 0 Å². The number of hydrogen-bond donors (Lipinski definition) is 2. The van der Waals surface area contributed by atoms with E-state index in [9.17, 15) is 9.59 Å². The van der Waals surface area contributed by atoms with Gasteiger partial charge in [0.25, 0.3) is 0 Å². The Hall–Kier alpha value is -3.70. The summed E-state index contributed by atoms with van der Waals surface area (Å²) >= 11 is 0. The van der Waals surface area contributed by atoms with E-state index in [0.717, 1.165) is 31.2 Å². The molecule has 0 saturated carbocycles. The number of nitrogens with one attached hydrogen (secondary N) is 2. The Morgan fingerprint density at radius 3 is 2.21 bits per heavy atom. The van der Waals surface area contributed by atoms with Crippen LogP contribution in [0.3, 0.4) is 0 Å². The third-order valence-electron chi connectivity index (χ3n) is 7.16. The van der Waals surface area contributed by atoms with Crippen molar-refractivity contribution in [1.82, 2.24) is 10.3 Å². The normalized spacial score (nSPS) is 12.6. The van der Waals surface area contributed by atoms with Gasteiger partial charge in [0.2, 0.25) is 5.56 Å². The molecule has 5 rings (SSSR count). The minimum absolute atomic E-state index is 0.00103. The number of fused-ring (bicyclic) bond motifs is 2. The quantitative estimate of drug-likeness (QED) is 0.263. The highest BCUT2D eigenvalue weighted by Crippen LogP contribution is 2.29. The Labute approximate surface area is 225 Å². The molecular formula is C33H38N2O3. The summed E-state index contributed by atoms with van der Waals surface area (Å²) in [6.07, 6.45) is 3.99. The highest BCUT2D eigenvalue weighted by Gasteiger charge is 2.24. The van der Waals surface area contributed by atoms with E-state index in [4.69, 9.17) is 4.74 Å². The molecule has 3 aromatic carbocycles. The molecule has 38 heavy (non-hydrogen) atoms. The molecule has 5 nitrogen and oxygen atoms in total. The zero-order chi connectivity index (χ0) is 27.1. The van der Waals surface area contributed by atoms with Crippen LogP contribution in [0.1, 0.15) is 65.9 Å². The van der Waals surface area contributed by atoms with E-state index in [-0.39, 0.29) is 23.9 Å². The van der Waals surface area contributed by atoms with Crippen molar-refractivity contribution in [3.8, 4) is 5.75 Å². The van der Waals surface area contributed by atoms with Gasteiger partial charge < -0.3 is 15.0 Å². The maximum Gasteiger partial charge on any atom is 0.248 e. The van der Waals surface area contributed by atoms with Crippen molar-refractivity contribution in [3.63, 3.8) is 0 Å². The van der Waals surface area contributed by atoms with Gasteiger partial charge in [0.15, 0.2) is 5.78 Å². The Morgan fingerprint density at radius 1 is 0.921 bits per heavy atom. The van der Waals surface area contributed by atoms with Crippen LogP contribution in [0.4, 0.5) is 0 Å². The van der Waals surface area contributed by atoms with E-state index in [2.05, 4.69) is 36.3 Å². The molecule has 0 radical (unpaired) electrons. The fourth-order valence-corrected chi connectivity index (χ4v) is 5.23. The summed E-state index contributed by atoms with van der Waals surface area (Å²) in [7, 11) is 0. The third-order valence-corrected chi connectivity index (χ3v) is 7.16. The molecule has 0 saturated heterocycles. The van der Waals surface area contributed by atoms with Gasteiger partial charge in [-0.1, -0.05) is 70.2 Å². The second-order valence-electron chi connectivity index (χ2n) is 9.50. The summed E-state index contributed by atoms with van der Waals surface area (Å²) in [4.78, 5) is 28.2. The SMILES string of the molecule is CC.CCc1cc2c(cc1CC)CC(NCC(=O)c1ccc(OCc3ccccc3)c3[nH]c(=O)ccc13)C2. The van der Waals surface area contributed by atoms with E-state index in [1.807, 2.05) is 44.2 Å². The van der Waals surface area contributed by atoms with E-state index in [1.54, 1.807) is 18.2 Å². The highest BCUT2D eigenvalue weighted by molar-refractivity contribution is 6.09. The van der Waals surface area contributed by atoms with Crippen LogP contribution in [0.25, 0.3) is 10.9 Å². The van der Waals surface area contributed by atoms with Gasteiger partial charge in [-0.3, -0.25) is 9.59 Å². The van der Waals surface area contributed by atoms with Crippen LogP contribution in [-0.2, 0) is 32.3 Å². The Kier molecular flexibility index (Phi) is 9.14. The fourth-order valence-electron chi connectivity index (χ4n) is 5.23. The van der Waals surface area contributed by atoms with Crippen molar-refractivity contribution >= 4 is 16.7 Å². The Morgan fingerprint density at radius 2 is 1.58 bits per heavy atom. The van der Waals surface area contributed by atoms with Crippen LogP contribution < -0.4 is 15.6 Å². The molecule has 198 valence electrons. The van der Waals surface area contributed by atoms with Crippen molar-refractivity contribution in [2.75, 3.05) is 6.54 Å². The molecule has 0 unspecified atom stereocenters. The average molecular weight is 511 g/mol. The molecule has 0 fully saturated rings. The first-order chi connectivity index (χ1) is 18.6. The molecule has 0 atom stereocenters. The predicted molar refractivity (Wildman–Crippen MR) is 155 cm³/mol. The maximum atomic E-state index is 13.3. The van der Waals surface area contributed by atoms with Crippen LogP contribution in [0.15, 0.2) is 71.5 Å². The maximum absolute atomic E-state index is 13.3. The number of aromatic nitrogens is 1. The number of ketones is 1. The van der Waals surface area contributed by atoms with Crippen LogP contribution in [-0.4, -0.2) is 23.4 Å². The zero-order valence-electron chi connectivity index (χ0n) is 22.9. The zero-order valence-corrected chi connectivity index (χ0v) is 22.9. The van der Waals surface area contributed by atoms with Crippen molar-refractivity contribution in [3.05, 3.63) is 110 Å². The monoisotopic (exact) mass is 510 g/mol. The largest absolute Gasteiger partial charge is 0.487 e. The number of Topliss-reactive ketones (excluding diaryl/α,β-unsaturated/α-hetero) is 1. The molecule has 1 aliphatic rings. The summed E-state index contributed by atoms with van der Waals surface area (Å²) < 4.78 is 6.01. The second-order valence-corrected chi connectivity index (χ2v) is 9.50. The van der Waals surface area contributed by atoms with Gasteiger partial charge in [-0.2, -0.15) is 0 Å². The summed E-state index contributed by atoms with van der Waals surface area (Å²) in [5.41, 5.74) is 7.61. The van der Waals surface area contributed by atoms with Gasteiger partial charge in [0.05, 0.1) is 12.1 Å². The minimum Gasteiger partial charge on any atom is -0.487 e. The van der Waals surface area contributed by atoms with Crippen LogP contribution in [0.2, 0.25) is 0 Å². The summed E-state index contributed by atoms with van der Waals surface area (Å²) in [6.45, 7) is 9.04. The summed E-state index contributed by atoms with van der Waals surface area (Å²) in [6, 6.07) is 21.6. The van der Waals surface area contributed by atoms with Gasteiger partial charge in [-0.05, 0) is 71.7 Å². The third kappa shape index (κ3) is 6.05. The number of hydrogen-bond acceptors (Lipinski definition) is 4. The van der Waals surface area contributed by atoms with Crippen molar-refractivity contribution < 1.29 is 9.53 Å². The number of aromatic amines is 1. The first kappa shape index (κ1) is 27.3. The number of H-pyrrole nitrogens is 1. The van der Waals surface area contributed by atoms with E-state index in [1.165, 1.54) is 28.3 Å². The molecule has 1 heterocycles. The van der Waals surface area contributed by atoms with E-state index >= 15 is 0 Å². The number of rotatable bonds is 9. The van der Waals surface area contributed by atoms with Gasteiger partial charge in [0.1, 0.15) is 12.4 Å². The first-order valence-electron chi connectivity index (χ1n) is 13.8. The summed E-state index contributed by atoms with van der Waals surface area (Å²) in [5.74, 6) is 0.557. The van der Waals surface area contributed by atoms with Crippen LogP contribution >= 0.6 is 0 Å². The predicted octanol–water partition coefficient (Wildman–Crippen LogP) is 6.20. The molecule has 0 spiro atoms. The van der Waals surface area contributed by atoms with Crippen LogP contribution in [0, 0.1) is 0 Å². The van der Waals surface area contributed by atoms with E-state index in [0.29, 0.717) is 28.8 Å². The lowest BCUT2D eigenvalue weighted by Gasteiger charge is -2.14. The number of aryl methyl sites for hydroxylation is 2. The van der Waals surface area contributed by atoms with Crippen molar-refractivity contribution in [2.45, 2.75) is 66.0 Å². The number of carbonyl (C=O) groups excluding carboxylic acids is 1. The number of carbonyl (C=O) groups is 1. The molecule has 4 aromatic rings. The molecular weight excluding hydrogens is 472 g/mol. The molecule has 2 N–H and O–H groups in total. The lowest BCUT2D eigenvalue weighted by molar-refractivity contribution is 0.0989. The molecule has 5 heteroatoms. The molecule has 0 amide bonds. The van der Waals surface area contributed by atoms with Gasteiger partial charge in [0, 0.05) is 23.1 Å². The second kappa shape index (κ2) is 12.7. The average Bonchev–Trinajstić information content (AvgIpc) is 3.37. The smallest absolute Gasteiger partial charge is 0.248 e. The van der Waals surface area contributed by atoms with Crippen LogP contribution in [0.5, 0.6) is 5.75 Å². The Bertz CT molecular complexity index is 1420. The number of ether oxygens (including phenoxy) is 1. The Balaban J connectivity index is 0.00000164. The van der Waals surface area contributed by atoms with Crippen molar-refractivity contribution in [1.29, 1.82) is 0 Å².